The first-order chi connectivity index (χ1) is 11.6. The van der Waals surface area contributed by atoms with Crippen LogP contribution in [0, 0.1) is 11.6 Å². The molecule has 0 fully saturated rings. The molecular weight excluding hydrogens is 318 g/mol. The molecule has 0 saturated carbocycles. The van der Waals surface area contributed by atoms with Crippen molar-refractivity contribution >= 4 is 5.78 Å². The van der Waals surface area contributed by atoms with Crippen LogP contribution < -0.4 is 4.74 Å². The Balaban J connectivity index is 1.77. The zero-order chi connectivity index (χ0) is 17.1. The lowest BCUT2D eigenvalue weighted by Gasteiger charge is -2.04. The van der Waals surface area contributed by atoms with Crippen molar-refractivity contribution in [3.63, 3.8) is 0 Å². The smallest absolute Gasteiger partial charge is 0.205 e. The largest absolute Gasteiger partial charge is 0.494 e. The standard InChI is InChI=1S/C16H12F2N4O2/c1-24-15-6-5-10(8-13(15)18)14(23)9-22-20-16(19-21-22)11-3-2-4-12(17)7-11/h2-8H,9H2,1H3. The number of ketones is 1. The number of nitrogens with zero attached hydrogens (tertiary/aromatic N) is 4. The molecule has 0 aliphatic rings. The molecule has 0 spiro atoms. The minimum absolute atomic E-state index is 0.0545. The van der Waals surface area contributed by atoms with Crippen LogP contribution in [0.2, 0.25) is 0 Å². The Morgan fingerprint density at radius 2 is 2.04 bits per heavy atom. The summed E-state index contributed by atoms with van der Waals surface area (Å²) >= 11 is 0. The van der Waals surface area contributed by atoms with Crippen molar-refractivity contribution in [1.29, 1.82) is 0 Å². The maximum Gasteiger partial charge on any atom is 0.205 e. The van der Waals surface area contributed by atoms with Crippen molar-refractivity contribution in [2.75, 3.05) is 7.11 Å². The molecule has 3 aromatic rings. The fourth-order valence-corrected chi connectivity index (χ4v) is 2.11. The molecule has 0 bridgehead atoms. The van der Waals surface area contributed by atoms with Gasteiger partial charge in [0.2, 0.25) is 5.82 Å². The molecule has 0 saturated heterocycles. The molecule has 0 N–H and O–H groups in total. The van der Waals surface area contributed by atoms with Crippen molar-refractivity contribution in [2.24, 2.45) is 0 Å². The van der Waals surface area contributed by atoms with Gasteiger partial charge < -0.3 is 4.74 Å². The summed E-state index contributed by atoms with van der Waals surface area (Å²) in [4.78, 5) is 13.2. The summed E-state index contributed by atoms with van der Waals surface area (Å²) in [5, 5.41) is 11.6. The Labute approximate surface area is 135 Å². The van der Waals surface area contributed by atoms with E-state index >= 15 is 0 Å². The molecule has 122 valence electrons. The first-order valence-electron chi connectivity index (χ1n) is 6.97. The fourth-order valence-electron chi connectivity index (χ4n) is 2.11. The molecule has 0 unspecified atom stereocenters. The molecule has 1 aromatic heterocycles. The molecule has 0 amide bonds. The van der Waals surface area contributed by atoms with Gasteiger partial charge in [0, 0.05) is 11.1 Å². The Morgan fingerprint density at radius 1 is 1.21 bits per heavy atom. The van der Waals surface area contributed by atoms with Crippen LogP contribution in [0.5, 0.6) is 5.75 Å². The number of halogens is 2. The van der Waals surface area contributed by atoms with E-state index in [-0.39, 0.29) is 29.5 Å². The molecule has 0 aliphatic heterocycles. The van der Waals surface area contributed by atoms with Gasteiger partial charge in [0.05, 0.1) is 7.11 Å². The summed E-state index contributed by atoms with van der Waals surface area (Å²) in [7, 11) is 1.34. The van der Waals surface area contributed by atoms with Gasteiger partial charge in [-0.05, 0) is 35.5 Å². The Morgan fingerprint density at radius 3 is 2.75 bits per heavy atom. The van der Waals surface area contributed by atoms with E-state index < -0.39 is 11.6 Å². The van der Waals surface area contributed by atoms with E-state index in [1.807, 2.05) is 0 Å². The maximum atomic E-state index is 13.6. The van der Waals surface area contributed by atoms with Gasteiger partial charge in [0.25, 0.3) is 0 Å². The van der Waals surface area contributed by atoms with Crippen LogP contribution in [0.3, 0.4) is 0 Å². The van der Waals surface area contributed by atoms with Crippen LogP contribution >= 0.6 is 0 Å². The van der Waals surface area contributed by atoms with Crippen LogP contribution in [0.1, 0.15) is 10.4 Å². The van der Waals surface area contributed by atoms with Gasteiger partial charge in [-0.2, -0.15) is 4.80 Å². The topological polar surface area (TPSA) is 69.9 Å². The molecule has 0 radical (unpaired) electrons. The summed E-state index contributed by atoms with van der Waals surface area (Å²) in [6, 6.07) is 9.63. The van der Waals surface area contributed by atoms with Crippen LogP contribution in [0.25, 0.3) is 11.4 Å². The Kier molecular flexibility index (Phi) is 4.28. The second kappa shape index (κ2) is 6.53. The fraction of sp³-hybridized carbons (Fsp3) is 0.125. The number of benzene rings is 2. The third kappa shape index (κ3) is 3.27. The van der Waals surface area contributed by atoms with Gasteiger partial charge in [0.15, 0.2) is 17.3 Å². The van der Waals surface area contributed by atoms with E-state index in [9.17, 15) is 13.6 Å². The molecule has 0 atom stereocenters. The third-order valence-corrected chi connectivity index (χ3v) is 3.29. The van der Waals surface area contributed by atoms with Gasteiger partial charge in [0.1, 0.15) is 12.4 Å². The predicted molar refractivity (Wildman–Crippen MR) is 80.5 cm³/mol. The average molecular weight is 330 g/mol. The Hall–Kier alpha value is -3.16. The highest BCUT2D eigenvalue weighted by Crippen LogP contribution is 2.18. The van der Waals surface area contributed by atoms with Crippen LogP contribution in [-0.4, -0.2) is 33.1 Å². The van der Waals surface area contributed by atoms with Crippen molar-refractivity contribution in [3.05, 3.63) is 59.7 Å². The van der Waals surface area contributed by atoms with Gasteiger partial charge >= 0.3 is 0 Å². The average Bonchev–Trinajstić information content (AvgIpc) is 3.03. The van der Waals surface area contributed by atoms with Gasteiger partial charge in [-0.3, -0.25) is 4.79 Å². The summed E-state index contributed by atoms with van der Waals surface area (Å²) < 4.78 is 31.7. The number of hydrogen-bond acceptors (Lipinski definition) is 5. The number of tetrazole rings is 1. The van der Waals surface area contributed by atoms with E-state index in [1.165, 1.54) is 37.4 Å². The van der Waals surface area contributed by atoms with Gasteiger partial charge in [-0.25, -0.2) is 8.78 Å². The lowest BCUT2D eigenvalue weighted by atomic mass is 10.1. The maximum absolute atomic E-state index is 13.6. The normalized spacial score (nSPS) is 10.6. The quantitative estimate of drug-likeness (QED) is 0.672. The van der Waals surface area contributed by atoms with E-state index in [4.69, 9.17) is 4.74 Å². The number of Topliss-reactive ketones (excluding diaryl/α,β-unsaturated/α-hetero) is 1. The summed E-state index contributed by atoms with van der Waals surface area (Å²) in [5.74, 6) is -1.19. The summed E-state index contributed by atoms with van der Waals surface area (Å²) in [6.45, 7) is -0.214. The lowest BCUT2D eigenvalue weighted by Crippen LogP contribution is -2.13. The zero-order valence-electron chi connectivity index (χ0n) is 12.6. The number of carbonyl (C=O) groups excluding carboxylic acids is 1. The second-order valence-electron chi connectivity index (χ2n) is 4.93. The van der Waals surface area contributed by atoms with Gasteiger partial charge in [-0.15, -0.1) is 10.2 Å². The highest BCUT2D eigenvalue weighted by Gasteiger charge is 2.13. The molecule has 2 aromatic carbocycles. The number of ether oxygens (including phenoxy) is 1. The van der Waals surface area contributed by atoms with Crippen LogP contribution in [-0.2, 0) is 6.54 Å². The van der Waals surface area contributed by atoms with Crippen LogP contribution in [0.15, 0.2) is 42.5 Å². The highest BCUT2D eigenvalue weighted by atomic mass is 19.1. The molecule has 6 nitrogen and oxygen atoms in total. The van der Waals surface area contributed by atoms with E-state index in [0.717, 1.165) is 10.9 Å². The zero-order valence-corrected chi connectivity index (χ0v) is 12.6. The van der Waals surface area contributed by atoms with Crippen molar-refractivity contribution < 1.29 is 18.3 Å². The second-order valence-corrected chi connectivity index (χ2v) is 4.93. The predicted octanol–water partition coefficient (Wildman–Crippen LogP) is 2.51. The summed E-state index contributed by atoms with van der Waals surface area (Å²) in [6.07, 6.45) is 0. The highest BCUT2D eigenvalue weighted by molar-refractivity contribution is 5.95. The first kappa shape index (κ1) is 15.7. The molecule has 24 heavy (non-hydrogen) atoms. The number of aromatic nitrogens is 4. The first-order valence-corrected chi connectivity index (χ1v) is 6.97. The van der Waals surface area contributed by atoms with E-state index in [0.29, 0.717) is 5.56 Å². The molecule has 3 rings (SSSR count). The van der Waals surface area contributed by atoms with Crippen molar-refractivity contribution in [1.82, 2.24) is 20.2 Å². The number of methoxy groups -OCH3 is 1. The minimum atomic E-state index is -0.629. The molecule has 8 heteroatoms. The number of rotatable bonds is 5. The number of hydrogen-bond donors (Lipinski definition) is 0. The lowest BCUT2D eigenvalue weighted by molar-refractivity contribution is 0.0961. The summed E-state index contributed by atoms with van der Waals surface area (Å²) in [5.41, 5.74) is 0.613. The van der Waals surface area contributed by atoms with E-state index in [2.05, 4.69) is 15.4 Å². The molecule has 1 heterocycles. The molecular formula is C16H12F2N4O2. The van der Waals surface area contributed by atoms with Gasteiger partial charge in [-0.1, -0.05) is 12.1 Å². The SMILES string of the molecule is COc1ccc(C(=O)Cn2nnc(-c3cccc(F)c3)n2)cc1F. The Bertz CT molecular complexity index is 895. The van der Waals surface area contributed by atoms with Crippen molar-refractivity contribution in [3.8, 4) is 17.1 Å². The third-order valence-electron chi connectivity index (χ3n) is 3.29. The van der Waals surface area contributed by atoms with E-state index in [1.54, 1.807) is 6.07 Å². The molecule has 0 aliphatic carbocycles. The number of carbonyl (C=O) groups is 1. The van der Waals surface area contributed by atoms with Crippen LogP contribution in [0.4, 0.5) is 8.78 Å². The minimum Gasteiger partial charge on any atom is -0.494 e. The monoisotopic (exact) mass is 330 g/mol. The van der Waals surface area contributed by atoms with Crippen molar-refractivity contribution in [2.45, 2.75) is 6.54 Å².